The van der Waals surface area contributed by atoms with E-state index in [1.54, 1.807) is 65.8 Å². The number of fused-ring (bicyclic) bond motifs is 1. The van der Waals surface area contributed by atoms with Crippen LogP contribution in [0.2, 0.25) is 0 Å². The first-order valence-corrected chi connectivity index (χ1v) is 8.29. The molecule has 0 unspecified atom stereocenters. The maximum atomic E-state index is 12.7. The van der Waals surface area contributed by atoms with Gasteiger partial charge in [0.25, 0.3) is 0 Å². The van der Waals surface area contributed by atoms with Crippen molar-refractivity contribution in [2.45, 2.75) is 59.4 Å². The van der Waals surface area contributed by atoms with Gasteiger partial charge in [0.15, 0.2) is 0 Å². The SMILES string of the molecule is CC(C)(C)OC(=O)Oc1cc2ccc(CO)cc2n1C(=O)OC(C)(C)C. The summed E-state index contributed by atoms with van der Waals surface area (Å²) < 4.78 is 17.0. The fourth-order valence-corrected chi connectivity index (χ4v) is 2.25. The Hall–Kier alpha value is -2.54. The van der Waals surface area contributed by atoms with Gasteiger partial charge in [0.1, 0.15) is 11.2 Å². The number of carbonyl (C=O) groups is 2. The fraction of sp³-hybridized carbons (Fsp3) is 0.474. The summed E-state index contributed by atoms with van der Waals surface area (Å²) in [5, 5.41) is 10.0. The molecular weight excluding hydrogens is 338 g/mol. The van der Waals surface area contributed by atoms with Gasteiger partial charge in [-0.15, -0.1) is 0 Å². The lowest BCUT2D eigenvalue weighted by Crippen LogP contribution is -2.29. The Morgan fingerprint density at radius 2 is 1.62 bits per heavy atom. The van der Waals surface area contributed by atoms with E-state index in [4.69, 9.17) is 14.2 Å². The van der Waals surface area contributed by atoms with Crippen LogP contribution in [-0.4, -0.2) is 33.1 Å². The van der Waals surface area contributed by atoms with Crippen LogP contribution in [0.15, 0.2) is 24.3 Å². The number of benzene rings is 1. The molecule has 7 heteroatoms. The second-order valence-corrected chi connectivity index (χ2v) is 7.92. The smallest absolute Gasteiger partial charge is 0.443 e. The molecule has 0 saturated heterocycles. The van der Waals surface area contributed by atoms with Crippen molar-refractivity contribution >= 4 is 23.2 Å². The molecule has 0 fully saturated rings. The van der Waals surface area contributed by atoms with E-state index in [1.807, 2.05) is 0 Å². The number of ether oxygens (including phenoxy) is 3. The number of aliphatic hydroxyl groups excluding tert-OH is 1. The summed E-state index contributed by atoms with van der Waals surface area (Å²) in [5.74, 6) is -0.0152. The zero-order valence-corrected chi connectivity index (χ0v) is 16.0. The maximum Gasteiger partial charge on any atom is 0.515 e. The summed E-state index contributed by atoms with van der Waals surface area (Å²) in [5.41, 5.74) is -0.386. The van der Waals surface area contributed by atoms with Crippen molar-refractivity contribution in [2.75, 3.05) is 0 Å². The molecule has 142 valence electrons. The molecule has 0 spiro atoms. The minimum atomic E-state index is -0.924. The van der Waals surface area contributed by atoms with Crippen LogP contribution in [-0.2, 0) is 16.1 Å². The second-order valence-electron chi connectivity index (χ2n) is 7.92. The molecule has 0 saturated carbocycles. The Balaban J connectivity index is 2.49. The van der Waals surface area contributed by atoms with E-state index in [-0.39, 0.29) is 12.5 Å². The van der Waals surface area contributed by atoms with E-state index in [1.165, 1.54) is 0 Å². The minimum Gasteiger partial charge on any atom is -0.443 e. The van der Waals surface area contributed by atoms with Crippen molar-refractivity contribution in [1.29, 1.82) is 0 Å². The molecule has 0 aliphatic carbocycles. The molecule has 0 aliphatic heterocycles. The van der Waals surface area contributed by atoms with Gasteiger partial charge in [0.05, 0.1) is 12.1 Å². The van der Waals surface area contributed by atoms with E-state index >= 15 is 0 Å². The van der Waals surface area contributed by atoms with Crippen LogP contribution in [0.3, 0.4) is 0 Å². The standard InChI is InChI=1S/C19H25NO6/c1-18(2,3)25-16(22)20-14-9-12(11-21)7-8-13(14)10-15(20)24-17(23)26-19(4,5)6/h7-10,21H,11H2,1-6H3. The van der Waals surface area contributed by atoms with E-state index in [0.29, 0.717) is 16.5 Å². The highest BCUT2D eigenvalue weighted by atomic mass is 16.7. The predicted molar refractivity (Wildman–Crippen MR) is 96.4 cm³/mol. The van der Waals surface area contributed by atoms with Crippen molar-refractivity contribution in [3.63, 3.8) is 0 Å². The molecule has 0 aliphatic rings. The van der Waals surface area contributed by atoms with Gasteiger partial charge in [-0.05, 0) is 53.2 Å². The van der Waals surface area contributed by atoms with Gasteiger partial charge >= 0.3 is 12.2 Å². The Kier molecular flexibility index (Phi) is 5.32. The molecule has 26 heavy (non-hydrogen) atoms. The lowest BCUT2D eigenvalue weighted by molar-refractivity contribution is 0.0184. The highest BCUT2D eigenvalue weighted by Gasteiger charge is 2.26. The largest absolute Gasteiger partial charge is 0.515 e. The number of nitrogens with zero attached hydrogens (tertiary/aromatic N) is 1. The van der Waals surface area contributed by atoms with Gasteiger partial charge in [-0.3, -0.25) is 0 Å². The average molecular weight is 363 g/mol. The fourth-order valence-electron chi connectivity index (χ4n) is 2.25. The number of aromatic nitrogens is 1. The van der Waals surface area contributed by atoms with E-state index in [9.17, 15) is 14.7 Å². The summed E-state index contributed by atoms with van der Waals surface area (Å²) in [6, 6.07) is 6.63. The molecule has 7 nitrogen and oxygen atoms in total. The Labute approximate surface area is 152 Å². The third kappa shape index (κ3) is 4.98. The first kappa shape index (κ1) is 19.8. The first-order valence-electron chi connectivity index (χ1n) is 8.29. The quantitative estimate of drug-likeness (QED) is 0.804. The van der Waals surface area contributed by atoms with Crippen molar-refractivity contribution in [1.82, 2.24) is 4.57 Å². The third-order valence-corrected chi connectivity index (χ3v) is 3.17. The maximum absolute atomic E-state index is 12.7. The van der Waals surface area contributed by atoms with Crippen molar-refractivity contribution in [2.24, 2.45) is 0 Å². The number of hydrogen-bond donors (Lipinski definition) is 1. The Morgan fingerprint density at radius 1 is 1.00 bits per heavy atom. The van der Waals surface area contributed by atoms with Crippen LogP contribution in [0.4, 0.5) is 9.59 Å². The zero-order chi connectivity index (χ0) is 19.7. The first-order chi connectivity index (χ1) is 11.9. The van der Waals surface area contributed by atoms with Crippen LogP contribution in [0, 0.1) is 0 Å². The van der Waals surface area contributed by atoms with Crippen molar-refractivity contribution in [3.8, 4) is 5.88 Å². The molecule has 1 heterocycles. The van der Waals surface area contributed by atoms with Crippen LogP contribution >= 0.6 is 0 Å². The number of carbonyl (C=O) groups excluding carboxylic acids is 2. The van der Waals surface area contributed by atoms with E-state index < -0.39 is 23.5 Å². The van der Waals surface area contributed by atoms with Crippen molar-refractivity contribution in [3.05, 3.63) is 29.8 Å². The van der Waals surface area contributed by atoms with Gasteiger partial charge in [0.2, 0.25) is 5.88 Å². The molecule has 0 amide bonds. The predicted octanol–water partition coefficient (Wildman–Crippen LogP) is 4.23. The minimum absolute atomic E-state index is 0.0152. The van der Waals surface area contributed by atoms with Crippen LogP contribution in [0.5, 0.6) is 5.88 Å². The molecule has 2 rings (SSSR count). The van der Waals surface area contributed by atoms with Crippen LogP contribution in [0.1, 0.15) is 47.1 Å². The molecular formula is C19H25NO6. The van der Waals surface area contributed by atoms with E-state index in [2.05, 4.69) is 0 Å². The molecule has 0 bridgehead atoms. The summed E-state index contributed by atoms with van der Waals surface area (Å²) in [6.45, 7) is 10.2. The molecule has 1 N–H and O–H groups in total. The summed E-state index contributed by atoms with van der Waals surface area (Å²) >= 11 is 0. The Morgan fingerprint density at radius 3 is 2.15 bits per heavy atom. The Bertz CT molecular complexity index is 823. The monoisotopic (exact) mass is 363 g/mol. The number of hydrogen-bond acceptors (Lipinski definition) is 6. The summed E-state index contributed by atoms with van der Waals surface area (Å²) in [6.07, 6.45) is -1.62. The molecule has 1 aromatic heterocycles. The van der Waals surface area contributed by atoms with Gasteiger partial charge in [-0.25, -0.2) is 14.2 Å². The molecule has 2 aromatic rings. The lowest BCUT2D eigenvalue weighted by Gasteiger charge is -2.21. The highest BCUT2D eigenvalue weighted by molar-refractivity contribution is 5.93. The second kappa shape index (κ2) is 6.99. The molecule has 0 radical (unpaired) electrons. The third-order valence-electron chi connectivity index (χ3n) is 3.17. The van der Waals surface area contributed by atoms with E-state index in [0.717, 1.165) is 4.57 Å². The zero-order valence-electron chi connectivity index (χ0n) is 16.0. The molecule has 0 atom stereocenters. The van der Waals surface area contributed by atoms with Gasteiger partial charge in [-0.1, -0.05) is 12.1 Å². The van der Waals surface area contributed by atoms with Crippen molar-refractivity contribution < 1.29 is 28.9 Å². The number of aliphatic hydroxyl groups is 1. The van der Waals surface area contributed by atoms with Gasteiger partial charge < -0.3 is 19.3 Å². The summed E-state index contributed by atoms with van der Waals surface area (Å²) in [4.78, 5) is 24.7. The van der Waals surface area contributed by atoms with Crippen LogP contribution < -0.4 is 4.74 Å². The normalized spacial score (nSPS) is 12.1. The average Bonchev–Trinajstić information content (AvgIpc) is 2.79. The van der Waals surface area contributed by atoms with Gasteiger partial charge in [0, 0.05) is 11.5 Å². The molecule has 1 aromatic carbocycles. The lowest BCUT2D eigenvalue weighted by atomic mass is 10.2. The topological polar surface area (TPSA) is 87.0 Å². The number of rotatable bonds is 2. The van der Waals surface area contributed by atoms with Gasteiger partial charge in [-0.2, -0.15) is 0 Å². The highest BCUT2D eigenvalue weighted by Crippen LogP contribution is 2.28. The summed E-state index contributed by atoms with van der Waals surface area (Å²) in [7, 11) is 0. The van der Waals surface area contributed by atoms with Crippen LogP contribution in [0.25, 0.3) is 10.9 Å².